The van der Waals surface area contributed by atoms with Crippen LogP contribution in [0.25, 0.3) is 0 Å². The average Bonchev–Trinajstić information content (AvgIpc) is 1.98. The third-order valence-corrected chi connectivity index (χ3v) is 3.37. The molecule has 2 atom stereocenters. The Morgan fingerprint density at radius 2 is 2.00 bits per heavy atom. The van der Waals surface area contributed by atoms with E-state index in [-0.39, 0.29) is 0 Å². The maximum absolute atomic E-state index is 2.41. The first kappa shape index (κ1) is 9.83. The van der Waals surface area contributed by atoms with E-state index in [0.29, 0.717) is 5.41 Å². The van der Waals surface area contributed by atoms with Gasteiger partial charge in [0.25, 0.3) is 0 Å². The lowest BCUT2D eigenvalue weighted by Crippen LogP contribution is -2.29. The number of allylic oxidation sites excluding steroid dienone is 2. The molecule has 0 aromatic heterocycles. The predicted molar refractivity (Wildman–Crippen MR) is 55.1 cm³/mol. The average molecular weight is 166 g/mol. The van der Waals surface area contributed by atoms with Crippen LogP contribution in [0.2, 0.25) is 0 Å². The fourth-order valence-electron chi connectivity index (χ4n) is 2.25. The van der Waals surface area contributed by atoms with E-state index < -0.39 is 0 Å². The molecule has 0 aromatic rings. The highest BCUT2D eigenvalue weighted by Gasteiger charge is 2.32. The highest BCUT2D eigenvalue weighted by molar-refractivity contribution is 4.97. The van der Waals surface area contributed by atoms with Crippen molar-refractivity contribution >= 4 is 0 Å². The molecule has 0 amide bonds. The van der Waals surface area contributed by atoms with Crippen LogP contribution in [-0.2, 0) is 0 Å². The van der Waals surface area contributed by atoms with Gasteiger partial charge in [0.05, 0.1) is 0 Å². The minimum absolute atomic E-state index is 0.541. The zero-order valence-corrected chi connectivity index (χ0v) is 8.93. The summed E-state index contributed by atoms with van der Waals surface area (Å²) >= 11 is 0. The molecule has 0 spiro atoms. The molecule has 0 heteroatoms. The standard InChI is InChI=1S/C12H22/c1-5-6-11-9-10(2)7-8-12(11,3)4/h5-6,10-11H,7-9H2,1-4H3. The van der Waals surface area contributed by atoms with Crippen LogP contribution < -0.4 is 0 Å². The van der Waals surface area contributed by atoms with Gasteiger partial charge in [0.1, 0.15) is 0 Å². The Morgan fingerprint density at radius 1 is 1.33 bits per heavy atom. The van der Waals surface area contributed by atoms with Crippen LogP contribution in [0.15, 0.2) is 12.2 Å². The summed E-state index contributed by atoms with van der Waals surface area (Å²) in [5, 5.41) is 0. The Kier molecular flexibility index (Phi) is 2.98. The molecular weight excluding hydrogens is 144 g/mol. The van der Waals surface area contributed by atoms with Crippen LogP contribution in [0.3, 0.4) is 0 Å². The molecule has 0 N–H and O–H groups in total. The van der Waals surface area contributed by atoms with Crippen molar-refractivity contribution in [2.24, 2.45) is 17.3 Å². The molecule has 0 radical (unpaired) electrons. The molecule has 12 heavy (non-hydrogen) atoms. The van der Waals surface area contributed by atoms with E-state index in [9.17, 15) is 0 Å². The van der Waals surface area contributed by atoms with Gasteiger partial charge in [0, 0.05) is 0 Å². The van der Waals surface area contributed by atoms with Crippen molar-refractivity contribution in [2.75, 3.05) is 0 Å². The summed E-state index contributed by atoms with van der Waals surface area (Å²) in [6.45, 7) is 9.33. The maximum Gasteiger partial charge on any atom is -0.0180 e. The van der Waals surface area contributed by atoms with Crippen LogP contribution >= 0.6 is 0 Å². The quantitative estimate of drug-likeness (QED) is 0.516. The van der Waals surface area contributed by atoms with E-state index >= 15 is 0 Å². The molecule has 2 unspecified atom stereocenters. The van der Waals surface area contributed by atoms with Crippen LogP contribution in [0.4, 0.5) is 0 Å². The Bertz CT molecular complexity index is 165. The molecule has 0 nitrogen and oxygen atoms in total. The molecule has 0 saturated heterocycles. The van der Waals surface area contributed by atoms with Gasteiger partial charge in [0.15, 0.2) is 0 Å². The van der Waals surface area contributed by atoms with E-state index in [1.165, 1.54) is 19.3 Å². The number of hydrogen-bond donors (Lipinski definition) is 0. The van der Waals surface area contributed by atoms with Crippen LogP contribution in [0, 0.1) is 17.3 Å². The summed E-state index contributed by atoms with van der Waals surface area (Å²) in [6.07, 6.45) is 8.81. The monoisotopic (exact) mass is 166 g/mol. The molecule has 0 bridgehead atoms. The molecule has 1 saturated carbocycles. The predicted octanol–water partition coefficient (Wildman–Crippen LogP) is 4.02. The summed E-state index contributed by atoms with van der Waals surface area (Å²) < 4.78 is 0. The minimum Gasteiger partial charge on any atom is -0.0914 e. The van der Waals surface area contributed by atoms with E-state index in [2.05, 4.69) is 39.8 Å². The molecule has 0 aromatic carbocycles. The van der Waals surface area contributed by atoms with Gasteiger partial charge in [-0.3, -0.25) is 0 Å². The molecule has 0 heterocycles. The van der Waals surface area contributed by atoms with Gasteiger partial charge in [-0.25, -0.2) is 0 Å². The second-order valence-corrected chi connectivity index (χ2v) is 5.00. The summed E-state index contributed by atoms with van der Waals surface area (Å²) in [5.74, 6) is 1.74. The SMILES string of the molecule is CC=CC1CC(C)CCC1(C)C. The Morgan fingerprint density at radius 3 is 2.58 bits per heavy atom. The first-order valence-corrected chi connectivity index (χ1v) is 5.19. The molecular formula is C12H22. The molecule has 0 aliphatic heterocycles. The van der Waals surface area contributed by atoms with Crippen LogP contribution in [0.5, 0.6) is 0 Å². The van der Waals surface area contributed by atoms with Crippen molar-refractivity contribution < 1.29 is 0 Å². The maximum atomic E-state index is 2.41. The van der Waals surface area contributed by atoms with Crippen molar-refractivity contribution in [3.05, 3.63) is 12.2 Å². The topological polar surface area (TPSA) is 0 Å². The van der Waals surface area contributed by atoms with Gasteiger partial charge in [-0.15, -0.1) is 0 Å². The molecule has 1 aliphatic rings. The molecule has 1 aliphatic carbocycles. The normalized spacial score (nSPS) is 35.7. The lowest BCUT2D eigenvalue weighted by Gasteiger charge is -2.39. The van der Waals surface area contributed by atoms with Gasteiger partial charge in [-0.05, 0) is 37.0 Å². The Labute approximate surface area is 77.1 Å². The van der Waals surface area contributed by atoms with Crippen molar-refractivity contribution in [3.8, 4) is 0 Å². The van der Waals surface area contributed by atoms with Crippen LogP contribution in [-0.4, -0.2) is 0 Å². The van der Waals surface area contributed by atoms with Crippen LogP contribution in [0.1, 0.15) is 47.0 Å². The zero-order valence-electron chi connectivity index (χ0n) is 8.93. The van der Waals surface area contributed by atoms with Gasteiger partial charge >= 0.3 is 0 Å². The molecule has 1 fully saturated rings. The van der Waals surface area contributed by atoms with E-state index in [1.54, 1.807) is 0 Å². The highest BCUT2D eigenvalue weighted by Crippen LogP contribution is 2.43. The molecule has 70 valence electrons. The van der Waals surface area contributed by atoms with Gasteiger partial charge in [-0.2, -0.15) is 0 Å². The van der Waals surface area contributed by atoms with Crippen molar-refractivity contribution in [1.29, 1.82) is 0 Å². The minimum atomic E-state index is 0.541. The fraction of sp³-hybridized carbons (Fsp3) is 0.833. The largest absolute Gasteiger partial charge is 0.0914 e. The fourth-order valence-corrected chi connectivity index (χ4v) is 2.25. The Balaban J connectivity index is 2.65. The Hall–Kier alpha value is -0.260. The van der Waals surface area contributed by atoms with Gasteiger partial charge in [-0.1, -0.05) is 39.3 Å². The molecule has 1 rings (SSSR count). The number of rotatable bonds is 1. The van der Waals surface area contributed by atoms with Gasteiger partial charge in [0.2, 0.25) is 0 Å². The summed E-state index contributed by atoms with van der Waals surface area (Å²) in [6, 6.07) is 0. The lowest BCUT2D eigenvalue weighted by atomic mass is 9.66. The van der Waals surface area contributed by atoms with E-state index in [1.807, 2.05) is 0 Å². The summed E-state index contributed by atoms with van der Waals surface area (Å²) in [5.41, 5.74) is 0.541. The summed E-state index contributed by atoms with van der Waals surface area (Å²) in [4.78, 5) is 0. The highest BCUT2D eigenvalue weighted by atomic mass is 14.4. The van der Waals surface area contributed by atoms with E-state index in [0.717, 1.165) is 11.8 Å². The third-order valence-electron chi connectivity index (χ3n) is 3.37. The van der Waals surface area contributed by atoms with Gasteiger partial charge < -0.3 is 0 Å². The van der Waals surface area contributed by atoms with Crippen molar-refractivity contribution in [2.45, 2.75) is 47.0 Å². The lowest BCUT2D eigenvalue weighted by molar-refractivity contribution is 0.140. The zero-order chi connectivity index (χ0) is 9.19. The second-order valence-electron chi connectivity index (χ2n) is 5.00. The van der Waals surface area contributed by atoms with E-state index in [4.69, 9.17) is 0 Å². The summed E-state index contributed by atoms with van der Waals surface area (Å²) in [7, 11) is 0. The van der Waals surface area contributed by atoms with Crippen molar-refractivity contribution in [3.63, 3.8) is 0 Å². The smallest absolute Gasteiger partial charge is 0.0180 e. The number of hydrogen-bond acceptors (Lipinski definition) is 0. The first-order chi connectivity index (χ1) is 5.56. The third kappa shape index (κ3) is 2.12. The first-order valence-electron chi connectivity index (χ1n) is 5.19. The van der Waals surface area contributed by atoms with Crippen molar-refractivity contribution in [1.82, 2.24) is 0 Å². The second kappa shape index (κ2) is 3.64.